The fourth-order valence-electron chi connectivity index (χ4n) is 2.09. The Labute approximate surface area is 119 Å². The van der Waals surface area contributed by atoms with Crippen molar-refractivity contribution in [3.05, 3.63) is 29.6 Å². The van der Waals surface area contributed by atoms with Gasteiger partial charge in [-0.1, -0.05) is 6.07 Å². The number of halogens is 1. The highest BCUT2D eigenvalue weighted by atomic mass is 32.2. The van der Waals surface area contributed by atoms with Crippen molar-refractivity contribution in [1.82, 2.24) is 5.32 Å². The highest BCUT2D eigenvalue weighted by molar-refractivity contribution is 7.90. The minimum absolute atomic E-state index is 0.0909. The molecular formula is C14H22FNO3S. The number of hydrogen-bond acceptors (Lipinski definition) is 4. The number of sulfone groups is 1. The van der Waals surface area contributed by atoms with Crippen molar-refractivity contribution in [3.8, 4) is 0 Å². The molecule has 0 fully saturated rings. The van der Waals surface area contributed by atoms with Crippen molar-refractivity contribution in [2.24, 2.45) is 0 Å². The molecule has 20 heavy (non-hydrogen) atoms. The van der Waals surface area contributed by atoms with Gasteiger partial charge in [-0.25, -0.2) is 12.8 Å². The third-order valence-electron chi connectivity index (χ3n) is 3.19. The van der Waals surface area contributed by atoms with Gasteiger partial charge >= 0.3 is 0 Å². The molecule has 4 nitrogen and oxygen atoms in total. The molecule has 2 N–H and O–H groups in total. The van der Waals surface area contributed by atoms with Crippen molar-refractivity contribution in [3.63, 3.8) is 0 Å². The molecule has 0 aliphatic carbocycles. The smallest absolute Gasteiger partial charge is 0.178 e. The average molecular weight is 303 g/mol. The quantitative estimate of drug-likeness (QED) is 0.809. The van der Waals surface area contributed by atoms with E-state index in [0.717, 1.165) is 12.7 Å². The Morgan fingerprint density at radius 3 is 2.50 bits per heavy atom. The van der Waals surface area contributed by atoms with E-state index in [0.29, 0.717) is 12.0 Å². The molecule has 0 aliphatic rings. The van der Waals surface area contributed by atoms with Crippen LogP contribution in [0.4, 0.5) is 4.39 Å². The zero-order chi connectivity index (χ0) is 15.3. The SMILES string of the molecule is CC(CCCO)NC(C)c1ccc(S(C)(=O)=O)c(F)c1. The van der Waals surface area contributed by atoms with Crippen LogP contribution in [0.2, 0.25) is 0 Å². The number of benzene rings is 1. The van der Waals surface area contributed by atoms with E-state index >= 15 is 0 Å². The van der Waals surface area contributed by atoms with Crippen LogP contribution in [0.15, 0.2) is 23.1 Å². The van der Waals surface area contributed by atoms with Crippen LogP contribution in [0.1, 0.15) is 38.3 Å². The van der Waals surface area contributed by atoms with Gasteiger partial charge in [0, 0.05) is 24.9 Å². The molecule has 0 aromatic heterocycles. The number of hydrogen-bond donors (Lipinski definition) is 2. The van der Waals surface area contributed by atoms with Crippen molar-refractivity contribution < 1.29 is 17.9 Å². The summed E-state index contributed by atoms with van der Waals surface area (Å²) in [6, 6.07) is 4.28. The normalized spacial score (nSPS) is 15.1. The zero-order valence-electron chi connectivity index (χ0n) is 12.1. The largest absolute Gasteiger partial charge is 0.396 e. The van der Waals surface area contributed by atoms with Crippen LogP contribution < -0.4 is 5.32 Å². The second-order valence-electron chi connectivity index (χ2n) is 5.12. The van der Waals surface area contributed by atoms with Crippen LogP contribution in [-0.4, -0.2) is 32.4 Å². The van der Waals surface area contributed by atoms with Crippen LogP contribution in [0.3, 0.4) is 0 Å². The molecule has 0 radical (unpaired) electrons. The Hall–Kier alpha value is -0.980. The second kappa shape index (κ2) is 7.15. The molecule has 1 rings (SSSR count). The maximum atomic E-state index is 13.8. The molecular weight excluding hydrogens is 281 g/mol. The lowest BCUT2D eigenvalue weighted by Crippen LogP contribution is -2.29. The maximum Gasteiger partial charge on any atom is 0.178 e. The summed E-state index contributed by atoms with van der Waals surface area (Å²) in [5, 5.41) is 12.1. The number of nitrogens with one attached hydrogen (secondary N) is 1. The topological polar surface area (TPSA) is 66.4 Å². The second-order valence-corrected chi connectivity index (χ2v) is 7.10. The summed E-state index contributed by atoms with van der Waals surface area (Å²) in [4.78, 5) is -0.276. The van der Waals surface area contributed by atoms with E-state index < -0.39 is 15.7 Å². The summed E-state index contributed by atoms with van der Waals surface area (Å²) in [5.74, 6) is -0.721. The van der Waals surface area contributed by atoms with Gasteiger partial charge in [0.2, 0.25) is 0 Å². The maximum absolute atomic E-state index is 13.8. The van der Waals surface area contributed by atoms with Crippen molar-refractivity contribution >= 4 is 9.84 Å². The Bertz CT molecular complexity index is 545. The number of aliphatic hydroxyl groups is 1. The molecule has 0 heterocycles. The molecule has 2 unspecified atom stereocenters. The average Bonchev–Trinajstić information content (AvgIpc) is 2.34. The van der Waals surface area contributed by atoms with E-state index in [1.165, 1.54) is 12.1 Å². The molecule has 0 saturated heterocycles. The summed E-state index contributed by atoms with van der Waals surface area (Å²) in [6.07, 6.45) is 2.52. The minimum atomic E-state index is -3.53. The Morgan fingerprint density at radius 2 is 2.00 bits per heavy atom. The predicted molar refractivity (Wildman–Crippen MR) is 76.8 cm³/mol. The van der Waals surface area contributed by atoms with Gasteiger partial charge in [-0.15, -0.1) is 0 Å². The van der Waals surface area contributed by atoms with Crippen LogP contribution in [-0.2, 0) is 9.84 Å². The van der Waals surface area contributed by atoms with Crippen LogP contribution in [0.5, 0.6) is 0 Å². The Balaban J connectivity index is 2.80. The highest BCUT2D eigenvalue weighted by Gasteiger charge is 2.16. The van der Waals surface area contributed by atoms with Gasteiger partial charge < -0.3 is 10.4 Å². The first kappa shape index (κ1) is 17.1. The third-order valence-corrected chi connectivity index (χ3v) is 4.32. The van der Waals surface area contributed by atoms with Gasteiger partial charge in [0.1, 0.15) is 10.7 Å². The van der Waals surface area contributed by atoms with Gasteiger partial charge in [0.15, 0.2) is 9.84 Å². The number of rotatable bonds is 7. The molecule has 0 spiro atoms. The van der Waals surface area contributed by atoms with E-state index in [-0.39, 0.29) is 23.6 Å². The Morgan fingerprint density at radius 1 is 1.35 bits per heavy atom. The number of aliphatic hydroxyl groups excluding tert-OH is 1. The van der Waals surface area contributed by atoms with Gasteiger partial charge in [0.05, 0.1) is 0 Å². The third kappa shape index (κ3) is 4.85. The van der Waals surface area contributed by atoms with Crippen LogP contribution in [0.25, 0.3) is 0 Å². The van der Waals surface area contributed by atoms with Crippen molar-refractivity contribution in [1.29, 1.82) is 0 Å². The van der Waals surface area contributed by atoms with Crippen molar-refractivity contribution in [2.75, 3.05) is 12.9 Å². The van der Waals surface area contributed by atoms with Gasteiger partial charge in [-0.2, -0.15) is 0 Å². The monoisotopic (exact) mass is 303 g/mol. The summed E-state index contributed by atoms with van der Waals surface area (Å²) >= 11 is 0. The fourth-order valence-corrected chi connectivity index (χ4v) is 2.82. The molecule has 2 atom stereocenters. The summed E-state index contributed by atoms with van der Waals surface area (Å²) in [5.41, 5.74) is 0.700. The molecule has 1 aromatic carbocycles. The van der Waals surface area contributed by atoms with E-state index in [4.69, 9.17) is 5.11 Å². The predicted octanol–water partition coefficient (Wildman–Crippen LogP) is 2.04. The molecule has 0 amide bonds. The van der Waals surface area contributed by atoms with E-state index in [1.54, 1.807) is 6.07 Å². The standard InChI is InChI=1S/C14H22FNO3S/c1-10(5-4-8-17)16-11(2)12-6-7-14(13(15)9-12)20(3,18)19/h6-7,9-11,16-17H,4-5,8H2,1-3H3. The van der Waals surface area contributed by atoms with Crippen LogP contribution >= 0.6 is 0 Å². The van der Waals surface area contributed by atoms with Crippen LogP contribution in [0, 0.1) is 5.82 Å². The summed E-state index contributed by atoms with van der Waals surface area (Å²) in [6.45, 7) is 4.04. The van der Waals surface area contributed by atoms with Gasteiger partial charge in [-0.05, 0) is 44.4 Å². The van der Waals surface area contributed by atoms with E-state index in [9.17, 15) is 12.8 Å². The molecule has 114 valence electrons. The first-order valence-corrected chi connectivity index (χ1v) is 8.51. The van der Waals surface area contributed by atoms with Gasteiger partial charge in [-0.3, -0.25) is 0 Å². The summed E-state index contributed by atoms with van der Waals surface area (Å²) < 4.78 is 36.5. The lowest BCUT2D eigenvalue weighted by molar-refractivity contribution is 0.274. The Kier molecular flexibility index (Phi) is 6.10. The van der Waals surface area contributed by atoms with Gasteiger partial charge in [0.25, 0.3) is 0 Å². The molecule has 0 aliphatic heterocycles. The summed E-state index contributed by atoms with van der Waals surface area (Å²) in [7, 11) is -3.53. The zero-order valence-corrected chi connectivity index (χ0v) is 12.9. The lowest BCUT2D eigenvalue weighted by atomic mass is 10.1. The lowest BCUT2D eigenvalue weighted by Gasteiger charge is -2.20. The molecule has 0 bridgehead atoms. The van der Waals surface area contributed by atoms with E-state index in [1.807, 2.05) is 13.8 Å². The minimum Gasteiger partial charge on any atom is -0.396 e. The van der Waals surface area contributed by atoms with Crippen molar-refractivity contribution in [2.45, 2.75) is 43.7 Å². The molecule has 0 saturated carbocycles. The highest BCUT2D eigenvalue weighted by Crippen LogP contribution is 2.20. The first-order valence-electron chi connectivity index (χ1n) is 6.62. The molecule has 6 heteroatoms. The first-order chi connectivity index (χ1) is 9.25. The fraction of sp³-hybridized carbons (Fsp3) is 0.571. The molecule has 1 aromatic rings. The van der Waals surface area contributed by atoms with E-state index in [2.05, 4.69) is 5.32 Å².